The van der Waals surface area contributed by atoms with Crippen molar-refractivity contribution in [2.24, 2.45) is 5.92 Å². The lowest BCUT2D eigenvalue weighted by atomic mass is 9.83. The second kappa shape index (κ2) is 13.3. The number of carboxylic acid groups (broad SMARTS) is 1. The Balaban J connectivity index is 1.58. The minimum Gasteiger partial charge on any atom is -0.496 e. The van der Waals surface area contributed by atoms with E-state index < -0.39 is 84.1 Å². The molecule has 3 aromatic carbocycles. The molecule has 0 spiro atoms. The Morgan fingerprint density at radius 2 is 1.57 bits per heavy atom. The van der Waals surface area contributed by atoms with Crippen LogP contribution in [0.2, 0.25) is 0 Å². The number of carbonyl (C=O) groups excluding carboxylic acids is 1. The molecular weight excluding hydrogens is 704 g/mol. The van der Waals surface area contributed by atoms with Crippen molar-refractivity contribution in [1.29, 1.82) is 0 Å². The van der Waals surface area contributed by atoms with Crippen LogP contribution in [0.4, 0.5) is 48.7 Å². The minimum atomic E-state index is -5.16. The van der Waals surface area contributed by atoms with E-state index in [1.807, 2.05) is 0 Å². The van der Waals surface area contributed by atoms with Crippen LogP contribution in [0.25, 0.3) is 22.3 Å². The number of allylic oxidation sites excluding steroid dienone is 3. The minimum absolute atomic E-state index is 0.0169. The summed E-state index contributed by atoms with van der Waals surface area (Å²) < 4.78 is 150. The molecule has 2 aliphatic rings. The first-order chi connectivity index (χ1) is 23.6. The van der Waals surface area contributed by atoms with Crippen molar-refractivity contribution in [3.8, 4) is 28.0 Å². The van der Waals surface area contributed by atoms with Gasteiger partial charge in [-0.2, -0.15) is 39.5 Å². The number of hydrogen-bond acceptors (Lipinski definition) is 4. The molecule has 0 saturated carbocycles. The van der Waals surface area contributed by atoms with Crippen molar-refractivity contribution in [1.82, 2.24) is 4.90 Å². The summed E-state index contributed by atoms with van der Waals surface area (Å²) in [6.07, 6.45) is -18.3. The van der Waals surface area contributed by atoms with Gasteiger partial charge in [-0.1, -0.05) is 18.2 Å². The van der Waals surface area contributed by atoms with Crippen LogP contribution in [-0.2, 0) is 17.5 Å². The molecule has 0 aromatic heterocycles. The van der Waals surface area contributed by atoms with E-state index in [1.54, 1.807) is 0 Å². The van der Waals surface area contributed by atoms with Gasteiger partial charge in [0.1, 0.15) is 17.7 Å². The van der Waals surface area contributed by atoms with Gasteiger partial charge < -0.3 is 14.6 Å². The van der Waals surface area contributed by atoms with Gasteiger partial charge in [0.15, 0.2) is 0 Å². The number of methoxy groups -OCH3 is 1. The fraction of sp³-hybridized carbons (Fsp3) is 0.314. The number of carboxylic acids is 1. The fourth-order valence-corrected chi connectivity index (χ4v) is 6.29. The Morgan fingerprint density at radius 1 is 0.902 bits per heavy atom. The Kier molecular flexibility index (Phi) is 9.69. The monoisotopic (exact) mass is 731 g/mol. The zero-order valence-electron chi connectivity index (χ0n) is 26.7. The summed E-state index contributed by atoms with van der Waals surface area (Å²) in [5.41, 5.74) is -3.88. The molecule has 5 rings (SSSR count). The summed E-state index contributed by atoms with van der Waals surface area (Å²) in [7, 11) is 1.18. The van der Waals surface area contributed by atoms with Crippen LogP contribution in [0, 0.1) is 18.7 Å². The van der Waals surface area contributed by atoms with Crippen LogP contribution < -0.4 is 4.74 Å². The molecule has 1 aliphatic heterocycles. The highest BCUT2D eigenvalue weighted by Crippen LogP contribution is 2.45. The maximum Gasteiger partial charge on any atom is 0.416 e. The van der Waals surface area contributed by atoms with Crippen LogP contribution in [0.1, 0.15) is 40.4 Å². The van der Waals surface area contributed by atoms with Crippen molar-refractivity contribution in [2.45, 2.75) is 57.5 Å². The summed E-state index contributed by atoms with van der Waals surface area (Å²) in [5.74, 6) is -3.76. The van der Waals surface area contributed by atoms with E-state index in [-0.39, 0.29) is 45.2 Å². The number of carbonyl (C=O) groups is 2. The number of halogens is 10. The quantitative estimate of drug-likeness (QED) is 0.245. The van der Waals surface area contributed by atoms with Crippen molar-refractivity contribution >= 4 is 12.1 Å². The van der Waals surface area contributed by atoms with Crippen LogP contribution in [0.3, 0.4) is 0 Å². The normalized spacial score (nSPS) is 19.8. The summed E-state index contributed by atoms with van der Waals surface area (Å²) in [5, 5.41) is 9.33. The van der Waals surface area contributed by atoms with E-state index in [2.05, 4.69) is 0 Å². The number of ether oxygens (including phenoxy) is 2. The average molecular weight is 732 g/mol. The summed E-state index contributed by atoms with van der Waals surface area (Å²) in [6.45, 7) is 2.16. The lowest BCUT2D eigenvalue weighted by Crippen LogP contribution is -2.38. The van der Waals surface area contributed by atoms with Gasteiger partial charge in [-0.3, -0.25) is 4.90 Å². The third kappa shape index (κ3) is 7.54. The van der Waals surface area contributed by atoms with Gasteiger partial charge in [0.25, 0.3) is 0 Å². The first-order valence-corrected chi connectivity index (χ1v) is 15.1. The first kappa shape index (κ1) is 37.2. The second-order valence-electron chi connectivity index (χ2n) is 12.1. The van der Waals surface area contributed by atoms with Gasteiger partial charge >= 0.3 is 30.6 Å². The Labute approximate surface area is 283 Å². The Morgan fingerprint density at radius 3 is 2.14 bits per heavy atom. The van der Waals surface area contributed by atoms with Gasteiger partial charge in [0.05, 0.1) is 36.4 Å². The molecule has 51 heavy (non-hydrogen) atoms. The highest BCUT2D eigenvalue weighted by atomic mass is 19.4. The van der Waals surface area contributed by atoms with E-state index in [0.717, 1.165) is 23.1 Å². The van der Waals surface area contributed by atoms with Crippen LogP contribution in [0.5, 0.6) is 5.75 Å². The standard InChI is InChI=1S/C35H27F10NO5/c1-16-8-18(31(47)48)4-6-24(16)26-13-27(29(50-3)14-28(26)36)25-7-5-21(33(37,38)39)11-20(25)15-46-17(2)30(51-32(46)49)19-9-22(34(40,41)42)12-23(10-19)35(43,44)45/h4-9,11-14,17,19,30H,10,15H2,1-3H3,(H,47,48)/t17-,19?,30-/m0/s1. The van der Waals surface area contributed by atoms with E-state index in [9.17, 15) is 54.2 Å². The predicted octanol–water partition coefficient (Wildman–Crippen LogP) is 9.90. The molecule has 1 amide bonds. The Bertz CT molecular complexity index is 1940. The predicted molar refractivity (Wildman–Crippen MR) is 162 cm³/mol. The zero-order chi connectivity index (χ0) is 37.8. The first-order valence-electron chi connectivity index (χ1n) is 15.1. The van der Waals surface area contributed by atoms with Crippen LogP contribution in [-0.4, -0.2) is 53.7 Å². The summed E-state index contributed by atoms with van der Waals surface area (Å²) in [4.78, 5) is 25.5. The highest BCUT2D eigenvalue weighted by Gasteiger charge is 2.48. The number of hydrogen-bond donors (Lipinski definition) is 1. The van der Waals surface area contributed by atoms with Crippen molar-refractivity contribution in [3.63, 3.8) is 0 Å². The largest absolute Gasteiger partial charge is 0.496 e. The fourth-order valence-electron chi connectivity index (χ4n) is 6.29. The lowest BCUT2D eigenvalue weighted by Gasteiger charge is -2.30. The molecule has 1 unspecified atom stereocenters. The van der Waals surface area contributed by atoms with Gasteiger partial charge in [-0.05, 0) is 78.9 Å². The SMILES string of the molecule is COc1cc(F)c(-c2ccc(C(=O)O)cc2C)cc1-c1ccc(C(F)(F)F)cc1CN1C(=O)O[C@H](C2C=C(C(F)(F)F)C=C(C(F)(F)F)C2)[C@@H]1C. The number of cyclic esters (lactones) is 1. The van der Waals surface area contributed by atoms with Crippen LogP contribution in [0.15, 0.2) is 71.8 Å². The third-order valence-corrected chi connectivity index (χ3v) is 8.85. The molecule has 3 aromatic rings. The molecule has 1 heterocycles. The van der Waals surface area contributed by atoms with Gasteiger partial charge in [0, 0.05) is 28.7 Å². The molecule has 1 aliphatic carbocycles. The molecule has 3 atom stereocenters. The van der Waals surface area contributed by atoms with E-state index >= 15 is 4.39 Å². The summed E-state index contributed by atoms with van der Waals surface area (Å²) in [6, 6.07) is 7.42. The van der Waals surface area contributed by atoms with Crippen molar-refractivity contribution in [3.05, 3.63) is 99.9 Å². The lowest BCUT2D eigenvalue weighted by molar-refractivity contribution is -0.137. The number of alkyl halides is 9. The topological polar surface area (TPSA) is 76.1 Å². The molecule has 1 N–H and O–H groups in total. The molecule has 16 heteroatoms. The maximum atomic E-state index is 15.5. The molecule has 0 radical (unpaired) electrons. The number of nitrogens with zero attached hydrogens (tertiary/aromatic N) is 1. The second-order valence-corrected chi connectivity index (χ2v) is 12.1. The van der Waals surface area contributed by atoms with Crippen molar-refractivity contribution < 1.29 is 68.1 Å². The van der Waals surface area contributed by atoms with E-state index in [4.69, 9.17) is 9.47 Å². The van der Waals surface area contributed by atoms with Gasteiger partial charge in [-0.25, -0.2) is 14.0 Å². The van der Waals surface area contributed by atoms with Gasteiger partial charge in [-0.15, -0.1) is 0 Å². The molecule has 272 valence electrons. The number of aryl methyl sites for hydroxylation is 1. The van der Waals surface area contributed by atoms with Crippen LogP contribution >= 0.6 is 0 Å². The molecule has 1 saturated heterocycles. The molecular formula is C35H27F10NO5. The number of benzene rings is 3. The molecule has 6 nitrogen and oxygen atoms in total. The number of aromatic carboxylic acids is 1. The number of rotatable bonds is 7. The van der Waals surface area contributed by atoms with Crippen molar-refractivity contribution in [2.75, 3.05) is 7.11 Å². The molecule has 0 bridgehead atoms. The van der Waals surface area contributed by atoms with E-state index in [0.29, 0.717) is 17.7 Å². The average Bonchev–Trinajstić information content (AvgIpc) is 3.31. The highest BCUT2D eigenvalue weighted by molar-refractivity contribution is 5.89. The van der Waals surface area contributed by atoms with E-state index in [1.165, 1.54) is 45.2 Å². The zero-order valence-corrected chi connectivity index (χ0v) is 26.7. The third-order valence-electron chi connectivity index (χ3n) is 8.85. The summed E-state index contributed by atoms with van der Waals surface area (Å²) >= 11 is 0. The Hall–Kier alpha value is -5.02. The maximum absolute atomic E-state index is 15.5. The number of amides is 1. The smallest absolute Gasteiger partial charge is 0.416 e. The molecule has 1 fully saturated rings. The van der Waals surface area contributed by atoms with Gasteiger partial charge in [0.2, 0.25) is 0 Å².